The minimum atomic E-state index is -1.86. The molecule has 4 aromatic heterocycles. The molecular formula is C56H59FGeIrN4O-2. The van der Waals surface area contributed by atoms with Gasteiger partial charge in [0.1, 0.15) is 5.82 Å². The first kappa shape index (κ1) is 47.0. The van der Waals surface area contributed by atoms with Crippen LogP contribution in [0.2, 0.25) is 17.3 Å². The number of rotatable bonds is 8. The van der Waals surface area contributed by atoms with Crippen molar-refractivity contribution in [2.75, 3.05) is 0 Å². The molecule has 0 aliphatic carbocycles. The molecule has 9 rings (SSSR count). The summed E-state index contributed by atoms with van der Waals surface area (Å²) in [6.07, 6.45) is 3.27. The van der Waals surface area contributed by atoms with Crippen LogP contribution in [0.15, 0.2) is 114 Å². The van der Waals surface area contributed by atoms with Crippen LogP contribution in [0, 0.1) is 23.9 Å². The summed E-state index contributed by atoms with van der Waals surface area (Å²) in [7, 11) is 0. The van der Waals surface area contributed by atoms with Crippen LogP contribution in [0.5, 0.6) is 0 Å². The predicted molar refractivity (Wildman–Crippen MR) is 265 cm³/mol. The first-order chi connectivity index (χ1) is 29.9. The molecular weight excluding hydrogens is 1030 g/mol. The van der Waals surface area contributed by atoms with Gasteiger partial charge in [-0.15, -0.1) is 18.2 Å². The standard InChI is InChI=1S/C38H35FN3O.C18H24GeN.Ir/c1-21(2)28-19-24(38(5,6)7)20-29(22(3)4)34(28)42-33-14-9-8-13-32(33)40-36(42)27-12-10-11-26-30-18-23-17-25(39)15-16-31(23)41-37(30)43-35(26)27;1-14(2)11-16-12-18(15-9-7-6-8-10-15)20-13-17(16)19(3,4)5;/h8-11,13-22H,1-7H3;6-9,12-14H,11H2,1-5H3;/q2*-1;. The molecule has 0 aliphatic rings. The fourth-order valence-electron chi connectivity index (χ4n) is 8.62. The molecule has 0 aliphatic heterocycles. The van der Waals surface area contributed by atoms with Gasteiger partial charge in [0.05, 0.1) is 28.0 Å². The molecule has 0 amide bonds. The van der Waals surface area contributed by atoms with Crippen LogP contribution in [0.25, 0.3) is 72.3 Å². The van der Waals surface area contributed by atoms with E-state index in [4.69, 9.17) is 19.4 Å². The number of hydrogen-bond acceptors (Lipinski definition) is 4. The van der Waals surface area contributed by atoms with Crippen LogP contribution in [-0.2, 0) is 31.9 Å². The van der Waals surface area contributed by atoms with Gasteiger partial charge in [-0.1, -0.05) is 83.7 Å². The SMILES string of the molecule is CC(C)Cc1cc(-c2[c-]cccc2)nc[c]1[Ge]([CH3])([CH3])[CH3].CC(C)c1cc(C(C)(C)C)cc(C(C)C)c1-n1c(-c2[c-]ccc3c2oc2nc4ccc(F)cc4cc23)nc2ccccc21.[Ir]. The summed E-state index contributed by atoms with van der Waals surface area (Å²) in [5.74, 6) is 9.05. The maximum absolute atomic E-state index is 14.1. The summed E-state index contributed by atoms with van der Waals surface area (Å²) < 4.78 is 24.4. The van der Waals surface area contributed by atoms with E-state index >= 15 is 0 Å². The Morgan fingerprint density at radius 3 is 2.09 bits per heavy atom. The quantitative estimate of drug-likeness (QED) is 0.112. The molecule has 0 unspecified atom stereocenters. The van der Waals surface area contributed by atoms with Crippen molar-refractivity contribution in [3.8, 4) is 28.3 Å². The number of nitrogens with zero attached hydrogens (tertiary/aromatic N) is 4. The molecule has 331 valence electrons. The van der Waals surface area contributed by atoms with Crippen molar-refractivity contribution in [1.82, 2.24) is 19.5 Å². The fourth-order valence-corrected chi connectivity index (χ4v) is 12.0. The van der Waals surface area contributed by atoms with Gasteiger partial charge in [0.2, 0.25) is 5.71 Å². The Labute approximate surface area is 394 Å². The van der Waals surface area contributed by atoms with Crippen molar-refractivity contribution >= 4 is 61.7 Å². The molecule has 9 aromatic rings. The number of furan rings is 1. The van der Waals surface area contributed by atoms with E-state index in [1.165, 1.54) is 40.1 Å². The second kappa shape index (κ2) is 18.5. The maximum Gasteiger partial charge on any atom is 0.216 e. The smallest absolute Gasteiger partial charge is 0.216 e. The van der Waals surface area contributed by atoms with Crippen molar-refractivity contribution in [1.29, 1.82) is 0 Å². The molecule has 0 bridgehead atoms. The van der Waals surface area contributed by atoms with Gasteiger partial charge in [0.15, 0.2) is 0 Å². The second-order valence-electron chi connectivity index (χ2n) is 20.0. The average molecular weight is 1090 g/mol. The number of pyridine rings is 2. The topological polar surface area (TPSA) is 56.7 Å². The number of benzene rings is 5. The van der Waals surface area contributed by atoms with E-state index in [-0.39, 0.29) is 43.2 Å². The number of para-hydroxylation sites is 2. The van der Waals surface area contributed by atoms with Crippen LogP contribution >= 0.6 is 0 Å². The Morgan fingerprint density at radius 1 is 0.750 bits per heavy atom. The number of hydrogen-bond donors (Lipinski definition) is 0. The van der Waals surface area contributed by atoms with Crippen LogP contribution in [0.1, 0.15) is 96.4 Å². The fraction of sp³-hybridized carbons (Fsp3) is 0.304. The van der Waals surface area contributed by atoms with Gasteiger partial charge < -0.3 is 8.98 Å². The zero-order valence-corrected chi connectivity index (χ0v) is 43.7. The van der Waals surface area contributed by atoms with E-state index in [9.17, 15) is 4.39 Å². The van der Waals surface area contributed by atoms with Crippen molar-refractivity contribution in [3.05, 3.63) is 150 Å². The zero-order valence-electron chi connectivity index (χ0n) is 39.2. The van der Waals surface area contributed by atoms with Crippen LogP contribution in [0.4, 0.5) is 4.39 Å². The monoisotopic (exact) mass is 1090 g/mol. The largest absolute Gasteiger partial charge is 0.486 e. The number of fused-ring (bicyclic) bond motifs is 5. The Kier molecular flexibility index (Phi) is 13.6. The Morgan fingerprint density at radius 2 is 1.45 bits per heavy atom. The third-order valence-electron chi connectivity index (χ3n) is 11.9. The van der Waals surface area contributed by atoms with E-state index < -0.39 is 13.3 Å². The first-order valence-corrected chi connectivity index (χ1v) is 29.7. The number of imidazole rings is 1. The first-order valence-electron chi connectivity index (χ1n) is 22.3. The van der Waals surface area contributed by atoms with Crippen LogP contribution < -0.4 is 4.40 Å². The van der Waals surface area contributed by atoms with Crippen molar-refractivity contribution < 1.29 is 28.9 Å². The summed E-state index contributed by atoms with van der Waals surface area (Å²) in [6, 6.07) is 40.7. The Hall–Kier alpha value is -4.95. The van der Waals surface area contributed by atoms with Gasteiger partial charge in [-0.25, -0.2) is 9.37 Å². The molecule has 8 heteroatoms. The molecule has 5 nitrogen and oxygen atoms in total. The van der Waals surface area contributed by atoms with Gasteiger partial charge in [0, 0.05) is 36.6 Å². The summed E-state index contributed by atoms with van der Waals surface area (Å²) in [6.45, 7) is 20.5. The maximum atomic E-state index is 14.1. The van der Waals surface area contributed by atoms with Gasteiger partial charge in [-0.2, -0.15) is 0 Å². The molecule has 4 heterocycles. The normalized spacial score (nSPS) is 12.2. The Balaban J connectivity index is 0.000000246. The zero-order chi connectivity index (χ0) is 45.0. The van der Waals surface area contributed by atoms with Crippen molar-refractivity contribution in [2.24, 2.45) is 5.92 Å². The molecule has 5 aromatic carbocycles. The minimum absolute atomic E-state index is 0. The van der Waals surface area contributed by atoms with Crippen molar-refractivity contribution in [2.45, 2.75) is 103 Å². The van der Waals surface area contributed by atoms with E-state index in [1.807, 2.05) is 42.5 Å². The summed E-state index contributed by atoms with van der Waals surface area (Å²) in [5.41, 5.74) is 13.3. The van der Waals surface area contributed by atoms with E-state index in [0.29, 0.717) is 22.7 Å². The number of aromatic nitrogens is 4. The van der Waals surface area contributed by atoms with Gasteiger partial charge in [-0.3, -0.25) is 4.98 Å². The molecule has 0 atom stereocenters. The molecule has 0 spiro atoms. The molecule has 0 fully saturated rings. The second-order valence-corrected chi connectivity index (χ2v) is 30.6. The number of halogens is 1. The average Bonchev–Trinajstić information content (AvgIpc) is 3.80. The molecule has 0 saturated carbocycles. The van der Waals surface area contributed by atoms with Crippen molar-refractivity contribution in [3.63, 3.8) is 0 Å². The van der Waals surface area contributed by atoms with Crippen LogP contribution in [-0.4, -0.2) is 32.8 Å². The third kappa shape index (κ3) is 9.41. The summed E-state index contributed by atoms with van der Waals surface area (Å²) >= 11 is -1.86. The van der Waals surface area contributed by atoms with E-state index in [0.717, 1.165) is 56.3 Å². The molecule has 0 N–H and O–H groups in total. The van der Waals surface area contributed by atoms with Gasteiger partial charge >= 0.3 is 126 Å². The van der Waals surface area contributed by atoms with E-state index in [1.54, 1.807) is 10.5 Å². The summed E-state index contributed by atoms with van der Waals surface area (Å²) in [5, 5.41) is 2.47. The molecule has 1 radical (unpaired) electrons. The van der Waals surface area contributed by atoms with Crippen LogP contribution in [0.3, 0.4) is 0 Å². The summed E-state index contributed by atoms with van der Waals surface area (Å²) in [4.78, 5) is 14.7. The van der Waals surface area contributed by atoms with Gasteiger partial charge in [-0.05, 0) is 70.3 Å². The molecule has 64 heavy (non-hydrogen) atoms. The Bertz CT molecular complexity index is 3090. The molecule has 0 saturated heterocycles. The minimum Gasteiger partial charge on any atom is -0.486 e. The predicted octanol–water partition coefficient (Wildman–Crippen LogP) is 14.9. The third-order valence-corrected chi connectivity index (χ3v) is 16.2. The van der Waals surface area contributed by atoms with Gasteiger partial charge in [0.25, 0.3) is 0 Å². The van der Waals surface area contributed by atoms with E-state index in [2.05, 4.69) is 145 Å².